The zero-order valence-electron chi connectivity index (χ0n) is 9.86. The highest BCUT2D eigenvalue weighted by Gasteiger charge is 2.38. The van der Waals surface area contributed by atoms with Crippen LogP contribution in [0, 0.1) is 0 Å². The van der Waals surface area contributed by atoms with E-state index >= 15 is 0 Å². The normalized spacial score (nSPS) is 29.7. The molecule has 6 nitrogen and oxygen atoms in total. The summed E-state index contributed by atoms with van der Waals surface area (Å²) in [5.41, 5.74) is 0. The Kier molecular flexibility index (Phi) is 3.42. The standard InChI is InChI=1S/C11H17N3O3/c1-2-14-10(16)5-8(11(14)17)13-7-3-4-9(15)12-6-7/h7-8,13H,2-6H2,1H3,(H,12,15). The smallest absolute Gasteiger partial charge is 0.246 e. The van der Waals surface area contributed by atoms with Crippen LogP contribution in [0.15, 0.2) is 0 Å². The predicted octanol–water partition coefficient (Wildman–Crippen LogP) is -0.998. The number of nitrogens with zero attached hydrogens (tertiary/aromatic N) is 1. The maximum Gasteiger partial charge on any atom is 0.246 e. The second kappa shape index (κ2) is 4.83. The highest BCUT2D eigenvalue weighted by Crippen LogP contribution is 2.14. The van der Waals surface area contributed by atoms with Crippen LogP contribution in [-0.4, -0.2) is 47.8 Å². The number of carbonyl (C=O) groups excluding carboxylic acids is 3. The van der Waals surface area contributed by atoms with Crippen LogP contribution in [0.25, 0.3) is 0 Å². The van der Waals surface area contributed by atoms with Crippen LogP contribution in [0.1, 0.15) is 26.2 Å². The second-order valence-corrected chi connectivity index (χ2v) is 4.44. The van der Waals surface area contributed by atoms with Gasteiger partial charge in [0.15, 0.2) is 0 Å². The molecule has 6 heteroatoms. The minimum atomic E-state index is -0.414. The molecule has 17 heavy (non-hydrogen) atoms. The summed E-state index contributed by atoms with van der Waals surface area (Å²) in [6, 6.07) is -0.325. The third kappa shape index (κ3) is 2.46. The molecule has 0 aliphatic carbocycles. The van der Waals surface area contributed by atoms with Crippen molar-refractivity contribution in [1.29, 1.82) is 0 Å². The van der Waals surface area contributed by atoms with Crippen molar-refractivity contribution in [2.75, 3.05) is 13.1 Å². The Morgan fingerprint density at radius 1 is 1.41 bits per heavy atom. The van der Waals surface area contributed by atoms with E-state index in [1.54, 1.807) is 6.92 Å². The zero-order chi connectivity index (χ0) is 12.4. The highest BCUT2D eigenvalue weighted by molar-refractivity contribution is 6.05. The van der Waals surface area contributed by atoms with Crippen LogP contribution in [-0.2, 0) is 14.4 Å². The van der Waals surface area contributed by atoms with E-state index in [4.69, 9.17) is 0 Å². The fourth-order valence-corrected chi connectivity index (χ4v) is 2.31. The van der Waals surface area contributed by atoms with Crippen molar-refractivity contribution in [3.8, 4) is 0 Å². The molecule has 2 atom stereocenters. The molecule has 2 N–H and O–H groups in total. The van der Waals surface area contributed by atoms with Gasteiger partial charge in [0.25, 0.3) is 0 Å². The van der Waals surface area contributed by atoms with Crippen LogP contribution in [0.5, 0.6) is 0 Å². The van der Waals surface area contributed by atoms with Gasteiger partial charge in [0.1, 0.15) is 0 Å². The van der Waals surface area contributed by atoms with Gasteiger partial charge in [0, 0.05) is 25.6 Å². The molecular formula is C11H17N3O3. The molecule has 2 rings (SSSR count). The van der Waals surface area contributed by atoms with Gasteiger partial charge in [-0.1, -0.05) is 0 Å². The van der Waals surface area contributed by atoms with Gasteiger partial charge >= 0.3 is 0 Å². The first-order chi connectivity index (χ1) is 8.11. The summed E-state index contributed by atoms with van der Waals surface area (Å²) in [5.74, 6) is -0.212. The van der Waals surface area contributed by atoms with E-state index in [0.717, 1.165) is 6.42 Å². The summed E-state index contributed by atoms with van der Waals surface area (Å²) in [5, 5.41) is 5.90. The average molecular weight is 239 g/mol. The number of piperidine rings is 1. The van der Waals surface area contributed by atoms with Gasteiger partial charge in [0.2, 0.25) is 17.7 Å². The molecule has 2 fully saturated rings. The Morgan fingerprint density at radius 3 is 2.71 bits per heavy atom. The number of rotatable bonds is 3. The lowest BCUT2D eigenvalue weighted by atomic mass is 10.1. The van der Waals surface area contributed by atoms with Gasteiger partial charge in [-0.3, -0.25) is 19.3 Å². The van der Waals surface area contributed by atoms with Gasteiger partial charge in [-0.2, -0.15) is 0 Å². The van der Waals surface area contributed by atoms with Crippen LogP contribution >= 0.6 is 0 Å². The Hall–Kier alpha value is -1.43. The summed E-state index contributed by atoms with van der Waals surface area (Å²) in [6.45, 7) is 2.75. The van der Waals surface area contributed by atoms with Gasteiger partial charge in [-0.25, -0.2) is 0 Å². The molecule has 2 heterocycles. The van der Waals surface area contributed by atoms with E-state index in [0.29, 0.717) is 19.5 Å². The number of hydrogen-bond donors (Lipinski definition) is 2. The average Bonchev–Trinajstić information content (AvgIpc) is 2.57. The van der Waals surface area contributed by atoms with Gasteiger partial charge in [0.05, 0.1) is 12.5 Å². The number of amides is 3. The summed E-state index contributed by atoms with van der Waals surface area (Å²) >= 11 is 0. The van der Waals surface area contributed by atoms with E-state index in [1.165, 1.54) is 4.90 Å². The van der Waals surface area contributed by atoms with Gasteiger partial charge in [-0.15, -0.1) is 0 Å². The largest absolute Gasteiger partial charge is 0.355 e. The third-order valence-electron chi connectivity index (χ3n) is 3.26. The van der Waals surface area contributed by atoms with E-state index < -0.39 is 6.04 Å². The van der Waals surface area contributed by atoms with Crippen molar-refractivity contribution >= 4 is 17.7 Å². The Morgan fingerprint density at radius 2 is 2.18 bits per heavy atom. The molecule has 0 aromatic rings. The lowest BCUT2D eigenvalue weighted by Crippen LogP contribution is -2.51. The molecule has 2 saturated heterocycles. The maximum atomic E-state index is 11.8. The molecule has 2 aliphatic rings. The topological polar surface area (TPSA) is 78.5 Å². The first-order valence-corrected chi connectivity index (χ1v) is 5.98. The Bertz CT molecular complexity index is 346. The minimum Gasteiger partial charge on any atom is -0.355 e. The minimum absolute atomic E-state index is 0.0482. The number of carbonyl (C=O) groups is 3. The molecule has 2 aliphatic heterocycles. The van der Waals surface area contributed by atoms with Crippen molar-refractivity contribution in [1.82, 2.24) is 15.5 Å². The van der Waals surface area contributed by atoms with Gasteiger partial charge < -0.3 is 10.6 Å². The SMILES string of the molecule is CCN1C(=O)CC(NC2CCC(=O)NC2)C1=O. The monoisotopic (exact) mass is 239 g/mol. The van der Waals surface area contributed by atoms with Gasteiger partial charge in [-0.05, 0) is 13.3 Å². The van der Waals surface area contributed by atoms with E-state index in [1.807, 2.05) is 0 Å². The van der Waals surface area contributed by atoms with E-state index in [2.05, 4.69) is 10.6 Å². The highest BCUT2D eigenvalue weighted by atomic mass is 16.2. The van der Waals surface area contributed by atoms with Crippen LogP contribution in [0.2, 0.25) is 0 Å². The number of hydrogen-bond acceptors (Lipinski definition) is 4. The molecule has 3 amide bonds. The van der Waals surface area contributed by atoms with Crippen molar-refractivity contribution < 1.29 is 14.4 Å². The number of imide groups is 1. The third-order valence-corrected chi connectivity index (χ3v) is 3.26. The van der Waals surface area contributed by atoms with E-state index in [9.17, 15) is 14.4 Å². The van der Waals surface area contributed by atoms with Crippen LogP contribution in [0.4, 0.5) is 0 Å². The number of nitrogens with one attached hydrogen (secondary N) is 2. The molecule has 0 radical (unpaired) electrons. The van der Waals surface area contributed by atoms with Crippen LogP contribution in [0.3, 0.4) is 0 Å². The zero-order valence-corrected chi connectivity index (χ0v) is 9.86. The fraction of sp³-hybridized carbons (Fsp3) is 0.727. The van der Waals surface area contributed by atoms with Crippen molar-refractivity contribution in [2.24, 2.45) is 0 Å². The Labute approximate surface area is 99.7 Å². The molecule has 0 bridgehead atoms. The first-order valence-electron chi connectivity index (χ1n) is 5.98. The molecular weight excluding hydrogens is 222 g/mol. The quantitative estimate of drug-likeness (QED) is 0.619. The molecule has 2 unspecified atom stereocenters. The van der Waals surface area contributed by atoms with Crippen molar-refractivity contribution in [3.63, 3.8) is 0 Å². The van der Waals surface area contributed by atoms with E-state index in [-0.39, 0.29) is 30.2 Å². The molecule has 94 valence electrons. The molecule has 0 spiro atoms. The maximum absolute atomic E-state index is 11.8. The fourth-order valence-electron chi connectivity index (χ4n) is 2.31. The second-order valence-electron chi connectivity index (χ2n) is 4.44. The number of likely N-dealkylation sites (N-methyl/N-ethyl adjacent to an activating group) is 1. The summed E-state index contributed by atoms with van der Waals surface area (Å²) in [6.07, 6.45) is 1.43. The van der Waals surface area contributed by atoms with Crippen LogP contribution < -0.4 is 10.6 Å². The molecule has 0 aromatic heterocycles. The van der Waals surface area contributed by atoms with Crippen molar-refractivity contribution in [3.05, 3.63) is 0 Å². The molecule has 0 saturated carbocycles. The Balaban J connectivity index is 1.90. The lowest BCUT2D eigenvalue weighted by Gasteiger charge is -2.25. The molecule has 0 aromatic carbocycles. The summed E-state index contributed by atoms with van der Waals surface area (Å²) < 4.78 is 0. The summed E-state index contributed by atoms with van der Waals surface area (Å²) in [4.78, 5) is 35.6. The number of likely N-dealkylation sites (tertiary alicyclic amines) is 1. The summed E-state index contributed by atoms with van der Waals surface area (Å²) in [7, 11) is 0. The van der Waals surface area contributed by atoms with Crippen molar-refractivity contribution in [2.45, 2.75) is 38.3 Å². The predicted molar refractivity (Wildman–Crippen MR) is 60.0 cm³/mol. The lowest BCUT2D eigenvalue weighted by molar-refractivity contribution is -0.138. The first kappa shape index (κ1) is 12.0.